The van der Waals surface area contributed by atoms with Gasteiger partial charge in [-0.15, -0.1) is 0 Å². The number of pyridine rings is 1. The molecule has 2 heterocycles. The van der Waals surface area contributed by atoms with Crippen molar-refractivity contribution in [3.05, 3.63) is 35.7 Å². The number of nitrogens with two attached hydrogens (primary N) is 1. The molecule has 0 radical (unpaired) electrons. The molecule has 0 aliphatic heterocycles. The Morgan fingerprint density at radius 3 is 2.82 bits per heavy atom. The fourth-order valence-corrected chi connectivity index (χ4v) is 1.59. The number of halogens is 1. The van der Waals surface area contributed by atoms with Gasteiger partial charge in [-0.2, -0.15) is 0 Å². The lowest BCUT2D eigenvalue weighted by Gasteiger charge is -2.02. The first-order chi connectivity index (χ1) is 8.11. The Balaban J connectivity index is 2.39. The zero-order valence-electron chi connectivity index (χ0n) is 9.87. The van der Waals surface area contributed by atoms with E-state index in [4.69, 9.17) is 5.73 Å². The molecule has 0 bridgehead atoms. The molecule has 0 spiro atoms. The number of nitrogens with one attached hydrogen (secondary N) is 1. The van der Waals surface area contributed by atoms with Gasteiger partial charge in [0.25, 0.3) is 0 Å². The molecule has 0 saturated heterocycles. The van der Waals surface area contributed by atoms with Crippen molar-refractivity contribution in [2.24, 2.45) is 5.73 Å². The molecule has 0 aliphatic carbocycles. The fourth-order valence-electron chi connectivity index (χ4n) is 1.59. The Hall–Kier alpha value is -1.75. The van der Waals surface area contributed by atoms with Gasteiger partial charge in [0.15, 0.2) is 0 Å². The first-order valence-electron chi connectivity index (χ1n) is 5.50. The zero-order chi connectivity index (χ0) is 12.4. The predicted molar refractivity (Wildman–Crippen MR) is 64.0 cm³/mol. The van der Waals surface area contributed by atoms with Crippen LogP contribution in [-0.2, 0) is 0 Å². The summed E-state index contributed by atoms with van der Waals surface area (Å²) in [5.74, 6) is 0.659. The molecule has 0 saturated carbocycles. The highest BCUT2D eigenvalue weighted by Gasteiger charge is 2.13. The fraction of sp³-hybridized carbons (Fsp3) is 0.333. The van der Waals surface area contributed by atoms with Crippen molar-refractivity contribution in [1.82, 2.24) is 15.0 Å². The molecule has 2 aromatic rings. The molecule has 4 nitrogen and oxygen atoms in total. The molecular weight excluding hydrogens is 219 g/mol. The minimum Gasteiger partial charge on any atom is -0.345 e. The van der Waals surface area contributed by atoms with Gasteiger partial charge in [-0.3, -0.25) is 4.98 Å². The normalized spacial score (nSPS) is 12.7. The van der Waals surface area contributed by atoms with Gasteiger partial charge in [0.1, 0.15) is 17.3 Å². The Labute approximate surface area is 99.1 Å². The van der Waals surface area contributed by atoms with Crippen LogP contribution < -0.4 is 5.73 Å². The van der Waals surface area contributed by atoms with Crippen molar-refractivity contribution in [2.75, 3.05) is 6.54 Å². The third kappa shape index (κ3) is 2.34. The molecule has 2 aromatic heterocycles. The summed E-state index contributed by atoms with van der Waals surface area (Å²) in [7, 11) is 0. The first-order valence-corrected chi connectivity index (χ1v) is 5.50. The highest BCUT2D eigenvalue weighted by atomic mass is 19.1. The lowest BCUT2D eigenvalue weighted by Crippen LogP contribution is -2.10. The van der Waals surface area contributed by atoms with Gasteiger partial charge in [0.2, 0.25) is 0 Å². The maximum atomic E-state index is 12.8. The van der Waals surface area contributed by atoms with E-state index in [-0.39, 0.29) is 11.7 Å². The number of aryl methyl sites for hydroxylation is 1. The molecule has 1 atom stereocenters. The van der Waals surface area contributed by atoms with Crippen molar-refractivity contribution < 1.29 is 4.39 Å². The molecule has 1 unspecified atom stereocenters. The summed E-state index contributed by atoms with van der Waals surface area (Å²) < 4.78 is 12.8. The molecule has 0 fully saturated rings. The number of aromatic amines is 1. The highest BCUT2D eigenvalue weighted by Crippen LogP contribution is 2.21. The number of nitrogens with zero attached hydrogens (tertiary/aromatic N) is 2. The summed E-state index contributed by atoms with van der Waals surface area (Å²) in [4.78, 5) is 11.7. The standard InChI is InChI=1S/C12H15FN4/c1-7(5-14)12-16-8(2)11(17-12)10-4-3-9(13)6-15-10/h3-4,6-7H,5,14H2,1-2H3,(H,16,17). The Bertz CT molecular complexity index is 504. The third-order valence-electron chi connectivity index (χ3n) is 2.69. The van der Waals surface area contributed by atoms with Crippen LogP contribution in [0, 0.1) is 12.7 Å². The molecule has 0 amide bonds. The number of hydrogen-bond acceptors (Lipinski definition) is 3. The summed E-state index contributed by atoms with van der Waals surface area (Å²) in [6, 6.07) is 3.00. The van der Waals surface area contributed by atoms with Crippen LogP contribution in [0.2, 0.25) is 0 Å². The monoisotopic (exact) mass is 234 g/mol. The van der Waals surface area contributed by atoms with Crippen molar-refractivity contribution >= 4 is 0 Å². The van der Waals surface area contributed by atoms with Crippen molar-refractivity contribution in [1.29, 1.82) is 0 Å². The van der Waals surface area contributed by atoms with Gasteiger partial charge < -0.3 is 10.7 Å². The van der Waals surface area contributed by atoms with Crippen LogP contribution >= 0.6 is 0 Å². The SMILES string of the molecule is Cc1[nH]c(C(C)CN)nc1-c1ccc(F)cn1. The van der Waals surface area contributed by atoms with Gasteiger partial charge in [0, 0.05) is 18.2 Å². The predicted octanol–water partition coefficient (Wildman–Crippen LogP) is 1.98. The average molecular weight is 234 g/mol. The smallest absolute Gasteiger partial charge is 0.141 e. The van der Waals surface area contributed by atoms with Gasteiger partial charge in [-0.05, 0) is 19.1 Å². The van der Waals surface area contributed by atoms with Crippen LogP contribution in [0.15, 0.2) is 18.3 Å². The molecule has 0 aromatic carbocycles. The Morgan fingerprint density at radius 2 is 2.24 bits per heavy atom. The van der Waals surface area contributed by atoms with Gasteiger partial charge in [-0.25, -0.2) is 9.37 Å². The van der Waals surface area contributed by atoms with E-state index in [9.17, 15) is 4.39 Å². The summed E-state index contributed by atoms with van der Waals surface area (Å²) >= 11 is 0. The van der Waals surface area contributed by atoms with E-state index in [1.807, 2.05) is 13.8 Å². The number of rotatable bonds is 3. The number of imidazole rings is 1. The second-order valence-corrected chi connectivity index (χ2v) is 4.09. The second kappa shape index (κ2) is 4.63. The lowest BCUT2D eigenvalue weighted by molar-refractivity contribution is 0.622. The molecule has 0 aliphatic rings. The second-order valence-electron chi connectivity index (χ2n) is 4.09. The molecule has 3 N–H and O–H groups in total. The van der Waals surface area contributed by atoms with E-state index in [0.29, 0.717) is 12.2 Å². The van der Waals surface area contributed by atoms with Crippen LogP contribution in [0.25, 0.3) is 11.4 Å². The maximum Gasteiger partial charge on any atom is 0.141 e. The van der Waals surface area contributed by atoms with Gasteiger partial charge >= 0.3 is 0 Å². The average Bonchev–Trinajstić information content (AvgIpc) is 2.71. The quantitative estimate of drug-likeness (QED) is 0.853. The minimum absolute atomic E-state index is 0.169. The first kappa shape index (κ1) is 11.7. The van der Waals surface area contributed by atoms with E-state index in [1.54, 1.807) is 6.07 Å². The third-order valence-corrected chi connectivity index (χ3v) is 2.69. The van der Waals surface area contributed by atoms with E-state index in [1.165, 1.54) is 12.3 Å². The highest BCUT2D eigenvalue weighted by molar-refractivity contribution is 5.57. The van der Waals surface area contributed by atoms with E-state index >= 15 is 0 Å². The summed E-state index contributed by atoms with van der Waals surface area (Å²) in [6.07, 6.45) is 1.19. The summed E-state index contributed by atoms with van der Waals surface area (Å²) in [5.41, 5.74) is 7.93. The summed E-state index contributed by atoms with van der Waals surface area (Å²) in [6.45, 7) is 4.45. The van der Waals surface area contributed by atoms with Crippen LogP contribution in [0.4, 0.5) is 4.39 Å². The maximum absolute atomic E-state index is 12.8. The Kier molecular flexibility index (Phi) is 3.19. The largest absolute Gasteiger partial charge is 0.345 e. The van der Waals surface area contributed by atoms with E-state index < -0.39 is 0 Å². The topological polar surface area (TPSA) is 67.6 Å². The number of H-pyrrole nitrogens is 1. The van der Waals surface area contributed by atoms with Crippen LogP contribution in [0.1, 0.15) is 24.4 Å². The molecule has 5 heteroatoms. The van der Waals surface area contributed by atoms with Gasteiger partial charge in [-0.1, -0.05) is 6.92 Å². The van der Waals surface area contributed by atoms with E-state index in [2.05, 4.69) is 15.0 Å². The minimum atomic E-state index is -0.350. The Morgan fingerprint density at radius 1 is 1.47 bits per heavy atom. The van der Waals surface area contributed by atoms with Gasteiger partial charge in [0.05, 0.1) is 11.9 Å². The van der Waals surface area contributed by atoms with Crippen LogP contribution in [0.3, 0.4) is 0 Å². The van der Waals surface area contributed by atoms with Crippen LogP contribution in [-0.4, -0.2) is 21.5 Å². The molecule has 2 rings (SSSR count). The summed E-state index contributed by atoms with van der Waals surface area (Å²) in [5, 5.41) is 0. The van der Waals surface area contributed by atoms with Crippen molar-refractivity contribution in [3.8, 4) is 11.4 Å². The molecule has 17 heavy (non-hydrogen) atoms. The van der Waals surface area contributed by atoms with Crippen molar-refractivity contribution in [2.45, 2.75) is 19.8 Å². The van der Waals surface area contributed by atoms with E-state index in [0.717, 1.165) is 17.2 Å². The van der Waals surface area contributed by atoms with Crippen LogP contribution in [0.5, 0.6) is 0 Å². The lowest BCUT2D eigenvalue weighted by atomic mass is 10.2. The molecular formula is C12H15FN4. The zero-order valence-corrected chi connectivity index (χ0v) is 9.87. The number of aromatic nitrogens is 3. The molecule has 90 valence electrons. The number of hydrogen-bond donors (Lipinski definition) is 2. The van der Waals surface area contributed by atoms with Crippen molar-refractivity contribution in [3.63, 3.8) is 0 Å².